The number of piperazine rings is 1. The smallest absolute Gasteiger partial charge is 0.335 e. The van der Waals surface area contributed by atoms with Gasteiger partial charge in [0.1, 0.15) is 11.6 Å². The number of imidazole rings is 1. The normalized spacial score (nSPS) is 20.2. The Labute approximate surface area is 278 Å². The van der Waals surface area contributed by atoms with Crippen LogP contribution in [0.5, 0.6) is 0 Å². The number of hydrogen-bond acceptors (Lipinski definition) is 8. The van der Waals surface area contributed by atoms with Crippen LogP contribution in [-0.2, 0) is 41.1 Å². The zero-order valence-electron chi connectivity index (χ0n) is 24.5. The molecular formula is C29H30BrCl2N5O7S. The van der Waals surface area contributed by atoms with E-state index in [4.69, 9.17) is 27.9 Å². The molecule has 3 heterocycles. The minimum absolute atomic E-state index is 0.0395. The van der Waals surface area contributed by atoms with Gasteiger partial charge in [-0.15, -0.1) is 0 Å². The van der Waals surface area contributed by atoms with Crippen molar-refractivity contribution in [2.45, 2.75) is 50.0 Å². The van der Waals surface area contributed by atoms with Crippen LogP contribution < -0.4 is 4.90 Å². The summed E-state index contributed by atoms with van der Waals surface area (Å²) in [7, 11) is -4.22. The first-order valence-electron chi connectivity index (χ1n) is 13.9. The summed E-state index contributed by atoms with van der Waals surface area (Å²) in [5.74, 6) is -1.75. The number of amides is 2. The van der Waals surface area contributed by atoms with Crippen molar-refractivity contribution in [3.05, 3.63) is 68.7 Å². The molecule has 45 heavy (non-hydrogen) atoms. The number of hydrogen-bond donors (Lipinski definition) is 1. The Balaban J connectivity index is 1.47. The quantitative estimate of drug-likeness (QED) is 0.345. The molecule has 0 saturated carbocycles. The number of anilines is 2. The van der Waals surface area contributed by atoms with Crippen LogP contribution in [0.15, 0.2) is 58.2 Å². The first kappa shape index (κ1) is 33.4. The lowest BCUT2D eigenvalue weighted by atomic mass is 9.92. The molecule has 2 aliphatic rings. The summed E-state index contributed by atoms with van der Waals surface area (Å²) in [6, 6.07) is 12.0. The highest BCUT2D eigenvalue weighted by molar-refractivity contribution is 9.10. The number of nitrogens with zero attached hydrogens (tertiary/aromatic N) is 5. The maximum absolute atomic E-state index is 14.3. The van der Waals surface area contributed by atoms with Crippen molar-refractivity contribution in [3.63, 3.8) is 0 Å². The van der Waals surface area contributed by atoms with Crippen molar-refractivity contribution in [2.75, 3.05) is 31.1 Å². The highest BCUT2D eigenvalue weighted by Gasteiger charge is 2.52. The van der Waals surface area contributed by atoms with E-state index in [2.05, 4.69) is 20.9 Å². The number of aliphatic hydroxyl groups excluding tert-OH is 1. The number of carbonyl (C=O) groups is 3. The first-order valence-corrected chi connectivity index (χ1v) is 16.9. The molecule has 16 heteroatoms. The van der Waals surface area contributed by atoms with Crippen molar-refractivity contribution in [2.24, 2.45) is 0 Å². The molecule has 0 radical (unpaired) electrons. The van der Waals surface area contributed by atoms with Gasteiger partial charge in [0.15, 0.2) is 11.1 Å². The topological polar surface area (TPSA) is 142 Å². The van der Waals surface area contributed by atoms with Crippen LogP contribution in [0.1, 0.15) is 26.3 Å². The Bertz CT molecular complexity index is 1740. The fourth-order valence-corrected chi connectivity index (χ4v) is 7.86. The van der Waals surface area contributed by atoms with Gasteiger partial charge >= 0.3 is 5.97 Å². The van der Waals surface area contributed by atoms with Crippen LogP contribution in [0.2, 0.25) is 10.0 Å². The number of fused-ring (bicyclic) bond motifs is 1. The summed E-state index contributed by atoms with van der Waals surface area (Å²) < 4.78 is 36.9. The molecule has 12 nitrogen and oxygen atoms in total. The Morgan fingerprint density at radius 2 is 1.67 bits per heavy atom. The lowest BCUT2D eigenvalue weighted by molar-refractivity contribution is -0.165. The third-order valence-corrected chi connectivity index (χ3v) is 10.6. The molecule has 0 aliphatic carbocycles. The highest BCUT2D eigenvalue weighted by Crippen LogP contribution is 2.45. The van der Waals surface area contributed by atoms with Crippen molar-refractivity contribution in [1.29, 1.82) is 0 Å². The van der Waals surface area contributed by atoms with E-state index in [-0.39, 0.29) is 43.6 Å². The summed E-state index contributed by atoms with van der Waals surface area (Å²) in [6.45, 7) is 4.28. The molecule has 2 aromatic carbocycles. The molecule has 2 amide bonds. The van der Waals surface area contributed by atoms with Crippen LogP contribution in [0.3, 0.4) is 0 Å². The lowest BCUT2D eigenvalue weighted by Crippen LogP contribution is -2.53. The second-order valence-electron chi connectivity index (χ2n) is 11.1. The summed E-state index contributed by atoms with van der Waals surface area (Å²) in [4.78, 5) is 46.0. The van der Waals surface area contributed by atoms with E-state index in [0.717, 1.165) is 10.0 Å². The summed E-state index contributed by atoms with van der Waals surface area (Å²) in [5.41, 5.74) is -0.274. The number of carbonyl (C=O) groups excluding carboxylic acids is 3. The van der Waals surface area contributed by atoms with Gasteiger partial charge in [-0.3, -0.25) is 14.2 Å². The van der Waals surface area contributed by atoms with E-state index in [9.17, 15) is 27.9 Å². The molecule has 2 aliphatic heterocycles. The maximum Gasteiger partial charge on any atom is 0.335 e. The third kappa shape index (κ3) is 6.36. The van der Waals surface area contributed by atoms with Gasteiger partial charge < -0.3 is 14.7 Å². The zero-order valence-corrected chi connectivity index (χ0v) is 28.4. The monoisotopic (exact) mass is 741 g/mol. The molecular weight excluding hydrogens is 713 g/mol. The molecule has 1 N–H and O–H groups in total. The van der Waals surface area contributed by atoms with Crippen LogP contribution >= 0.6 is 39.1 Å². The number of benzene rings is 2. The average Bonchev–Trinajstić information content (AvgIpc) is 3.51. The molecule has 1 saturated heterocycles. The molecule has 240 valence electrons. The van der Waals surface area contributed by atoms with Gasteiger partial charge in [0, 0.05) is 47.1 Å². The predicted octanol–water partition coefficient (Wildman–Crippen LogP) is 3.73. The minimum atomic E-state index is -4.22. The Hall–Kier alpha value is -3.01. The Morgan fingerprint density at radius 1 is 1.07 bits per heavy atom. The standard InChI is InChI=1S/C29H30BrCl2N5O7S/c1-17(38)26(40)44-18(2)25(39)34-8-10-35(11-9-34)45(42,43)24-16-33-28-36(23-13-21(31)12-22(32)14-23)27(41)29(3,37(24)28)15-19-4-6-20(30)7-5-19/h4-7,12-14,16-18,38H,8-11,15H2,1-3H3/t17-,18+,29-/m1/s1. The highest BCUT2D eigenvalue weighted by atomic mass is 79.9. The van der Waals surface area contributed by atoms with Crippen molar-refractivity contribution >= 4 is 78.6 Å². The number of aliphatic hydroxyl groups is 1. The molecule has 1 fully saturated rings. The summed E-state index contributed by atoms with van der Waals surface area (Å²) in [6.07, 6.45) is -1.15. The minimum Gasteiger partial charge on any atom is -0.451 e. The second kappa shape index (κ2) is 12.6. The fraction of sp³-hybridized carbons (Fsp3) is 0.379. The van der Waals surface area contributed by atoms with E-state index >= 15 is 0 Å². The number of aromatic nitrogens is 2. The molecule has 0 bridgehead atoms. The van der Waals surface area contributed by atoms with E-state index in [1.807, 2.05) is 24.3 Å². The summed E-state index contributed by atoms with van der Waals surface area (Å²) >= 11 is 16.0. The average molecular weight is 743 g/mol. The van der Waals surface area contributed by atoms with E-state index in [1.165, 1.54) is 44.8 Å². The predicted molar refractivity (Wildman–Crippen MR) is 170 cm³/mol. The SMILES string of the molecule is C[C@H](OC(=O)[C@@H](C)O)C(=O)N1CCN(S(=O)(=O)c2cnc3n2[C@](C)(Cc2ccc(Br)cc2)C(=O)N3c2cc(Cl)cc(Cl)c2)CC1. The number of sulfonamides is 1. The summed E-state index contributed by atoms with van der Waals surface area (Å²) in [5, 5.41) is 9.78. The number of esters is 1. The largest absolute Gasteiger partial charge is 0.451 e. The second-order valence-corrected chi connectivity index (χ2v) is 14.7. The first-order chi connectivity index (χ1) is 21.1. The number of halogens is 3. The van der Waals surface area contributed by atoms with E-state index in [1.54, 1.807) is 19.1 Å². The molecule has 5 rings (SSSR count). The zero-order chi connectivity index (χ0) is 32.8. The number of rotatable bonds is 8. The van der Waals surface area contributed by atoms with E-state index < -0.39 is 45.6 Å². The van der Waals surface area contributed by atoms with Gasteiger partial charge in [0.25, 0.3) is 21.8 Å². The van der Waals surface area contributed by atoms with Crippen molar-refractivity contribution in [1.82, 2.24) is 18.8 Å². The molecule has 3 aromatic rings. The van der Waals surface area contributed by atoms with Crippen LogP contribution in [0.25, 0.3) is 0 Å². The third-order valence-electron chi connectivity index (χ3n) is 7.77. The molecule has 3 atom stereocenters. The van der Waals surface area contributed by atoms with Crippen molar-refractivity contribution in [3.8, 4) is 0 Å². The van der Waals surface area contributed by atoms with Gasteiger partial charge in [0.05, 0.1) is 11.9 Å². The Kier molecular flexibility index (Phi) is 9.38. The van der Waals surface area contributed by atoms with Crippen LogP contribution in [0, 0.1) is 0 Å². The van der Waals surface area contributed by atoms with Gasteiger partial charge in [0.2, 0.25) is 5.95 Å². The van der Waals surface area contributed by atoms with Gasteiger partial charge in [-0.2, -0.15) is 4.31 Å². The van der Waals surface area contributed by atoms with Crippen molar-refractivity contribution < 1.29 is 32.6 Å². The van der Waals surface area contributed by atoms with Gasteiger partial charge in [-0.1, -0.05) is 51.3 Å². The van der Waals surface area contributed by atoms with Crippen LogP contribution in [0.4, 0.5) is 11.6 Å². The Morgan fingerprint density at radius 3 is 2.24 bits per heavy atom. The molecule has 1 aromatic heterocycles. The molecule has 0 unspecified atom stereocenters. The maximum atomic E-state index is 14.3. The number of ether oxygens (including phenoxy) is 1. The fourth-order valence-electron chi connectivity index (χ4n) is 5.47. The van der Waals surface area contributed by atoms with Crippen LogP contribution in [-0.4, -0.2) is 88.5 Å². The lowest BCUT2D eigenvalue weighted by Gasteiger charge is -2.35. The molecule has 0 spiro atoms. The van der Waals surface area contributed by atoms with Gasteiger partial charge in [-0.25, -0.2) is 23.1 Å². The van der Waals surface area contributed by atoms with E-state index in [0.29, 0.717) is 15.7 Å². The van der Waals surface area contributed by atoms with Gasteiger partial charge in [-0.05, 0) is 56.7 Å².